The van der Waals surface area contributed by atoms with Crippen LogP contribution in [0.3, 0.4) is 0 Å². The van der Waals surface area contributed by atoms with Crippen molar-refractivity contribution in [2.24, 2.45) is 0 Å². The number of carbonyl (C=O) groups excluding carboxylic acids is 2. The van der Waals surface area contributed by atoms with Crippen LogP contribution in [0.2, 0.25) is 13.1 Å². The van der Waals surface area contributed by atoms with E-state index in [4.69, 9.17) is 0 Å². The van der Waals surface area contributed by atoms with Gasteiger partial charge in [0, 0.05) is 0 Å². The van der Waals surface area contributed by atoms with Crippen LogP contribution in [0.4, 0.5) is 15.1 Å². The Hall–Kier alpha value is -3.49. The third kappa shape index (κ3) is 3.39. The summed E-state index contributed by atoms with van der Waals surface area (Å²) in [6.45, 7) is 4.85. The fourth-order valence-electron chi connectivity index (χ4n) is 5.73. The van der Waals surface area contributed by atoms with Gasteiger partial charge < -0.3 is 0 Å². The summed E-state index contributed by atoms with van der Waals surface area (Å²) in [5.41, 5.74) is 3.87. The van der Waals surface area contributed by atoms with E-state index in [1.165, 1.54) is 25.5 Å². The molecule has 2 heterocycles. The Morgan fingerprint density at radius 2 is 1.19 bits per heavy atom. The molecule has 0 spiro atoms. The van der Waals surface area contributed by atoms with Crippen molar-refractivity contribution in [3.05, 3.63) is 117 Å². The van der Waals surface area contributed by atoms with Crippen LogP contribution in [-0.4, -0.2) is 40.1 Å². The van der Waals surface area contributed by atoms with Gasteiger partial charge in [-0.05, 0) is 0 Å². The van der Waals surface area contributed by atoms with Crippen LogP contribution in [0.15, 0.2) is 103 Å². The molecule has 0 unspecified atom stereocenters. The first-order valence-electron chi connectivity index (χ1n) is 12.4. The third-order valence-corrected chi connectivity index (χ3v) is 14.1. The Morgan fingerprint density at radius 3 is 1.76 bits per heavy atom. The van der Waals surface area contributed by atoms with Gasteiger partial charge >= 0.3 is 227 Å². The van der Waals surface area contributed by atoms with Gasteiger partial charge in [-0.15, -0.1) is 0 Å². The average Bonchev–Trinajstić information content (AvgIpc) is 3.46. The number of hydrogen-bond acceptors (Lipinski definition) is 3. The molecule has 4 aromatic carbocycles. The molecule has 0 atom stereocenters. The molecule has 178 valence electrons. The molecule has 0 saturated heterocycles. The minimum atomic E-state index is -1.82. The predicted octanol–water partition coefficient (Wildman–Crippen LogP) is 5.97. The van der Waals surface area contributed by atoms with Gasteiger partial charge in [-0.1, -0.05) is 0 Å². The van der Waals surface area contributed by atoms with E-state index in [1.807, 2.05) is 42.5 Å². The van der Waals surface area contributed by atoms with Crippen molar-refractivity contribution in [2.75, 3.05) is 4.90 Å². The fraction of sp³-hybridized carbons (Fsp3) is 0.0625. The number of benzene rings is 4. The van der Waals surface area contributed by atoms with E-state index in [9.17, 15) is 9.59 Å². The first kappa shape index (κ1) is 22.7. The normalized spacial score (nSPS) is 15.5. The molecule has 3 nitrogen and oxygen atoms in total. The number of Topliss-reactive ketones (excluding diaryl/α,β-unsaturated/α-hetero) is 2. The fourth-order valence-corrected chi connectivity index (χ4v) is 11.5. The molecule has 2 aliphatic rings. The Labute approximate surface area is 226 Å². The number of anilines is 3. The Balaban J connectivity index is 1.31. The summed E-state index contributed by atoms with van der Waals surface area (Å²) in [4.78, 5) is 29.0. The second kappa shape index (κ2) is 8.26. The molecule has 5 heteroatoms. The molecule has 0 fully saturated rings. The van der Waals surface area contributed by atoms with Gasteiger partial charge in [-0.25, -0.2) is 0 Å². The van der Waals surface area contributed by atoms with Crippen molar-refractivity contribution in [1.82, 2.24) is 0 Å². The van der Waals surface area contributed by atoms with Crippen molar-refractivity contribution in [2.45, 2.75) is 13.1 Å². The molecule has 1 aromatic heterocycles. The van der Waals surface area contributed by atoms with E-state index in [0.29, 0.717) is 16.7 Å². The summed E-state index contributed by atoms with van der Waals surface area (Å²) < 4.78 is 2.38. The Kier molecular flexibility index (Phi) is 5.06. The van der Waals surface area contributed by atoms with Gasteiger partial charge in [0.15, 0.2) is 0 Å². The average molecular weight is 609 g/mol. The van der Waals surface area contributed by atoms with Crippen molar-refractivity contribution < 1.29 is 9.59 Å². The summed E-state index contributed by atoms with van der Waals surface area (Å²) in [6.07, 6.45) is 1.86. The summed E-state index contributed by atoms with van der Waals surface area (Å²) in [6, 6.07) is 33.5. The Morgan fingerprint density at radius 1 is 0.676 bits per heavy atom. The second-order valence-corrected chi connectivity index (χ2v) is 17.6. The maximum atomic E-state index is 13.3. The molecule has 0 radical (unpaired) electrons. The SMILES string of the molecule is C[Si]1(C)c2ccccc2N(c2ccc(C=C3C(=O)c4cc5ccccc5cc4C3=O)[te]2)c2ccccc21. The molecule has 0 bridgehead atoms. The van der Waals surface area contributed by atoms with E-state index in [0.717, 1.165) is 14.4 Å². The Bertz CT molecular complexity index is 1710. The first-order valence-corrected chi connectivity index (χ1v) is 17.7. The number of ketones is 2. The second-order valence-electron chi connectivity index (χ2n) is 10.1. The number of rotatable bonds is 2. The molecule has 0 N–H and O–H groups in total. The maximum absolute atomic E-state index is 13.3. The molecule has 5 aromatic rings. The van der Waals surface area contributed by atoms with Crippen LogP contribution in [-0.2, 0) is 0 Å². The van der Waals surface area contributed by atoms with E-state index in [-0.39, 0.29) is 11.6 Å². The molecule has 37 heavy (non-hydrogen) atoms. The molecule has 7 rings (SSSR count). The van der Waals surface area contributed by atoms with Crippen molar-refractivity contribution in [3.8, 4) is 0 Å². The van der Waals surface area contributed by atoms with Crippen molar-refractivity contribution in [1.29, 1.82) is 0 Å². The number of fused-ring (bicyclic) bond motifs is 4. The van der Waals surface area contributed by atoms with Gasteiger partial charge in [0.1, 0.15) is 0 Å². The molecule has 1 aliphatic carbocycles. The van der Waals surface area contributed by atoms with Gasteiger partial charge in [-0.3, -0.25) is 0 Å². The van der Waals surface area contributed by atoms with E-state index < -0.39 is 28.5 Å². The zero-order chi connectivity index (χ0) is 25.3. The van der Waals surface area contributed by atoms with Crippen LogP contribution in [0.1, 0.15) is 24.3 Å². The van der Waals surface area contributed by atoms with Gasteiger partial charge in [0.05, 0.1) is 0 Å². The van der Waals surface area contributed by atoms with E-state index in [2.05, 4.69) is 78.7 Å². The first-order chi connectivity index (χ1) is 17.9. The van der Waals surface area contributed by atoms with E-state index >= 15 is 0 Å². The van der Waals surface area contributed by atoms with Crippen molar-refractivity contribution >= 4 is 82.4 Å². The van der Waals surface area contributed by atoms with Gasteiger partial charge in [-0.2, -0.15) is 0 Å². The van der Waals surface area contributed by atoms with Crippen molar-refractivity contribution in [3.63, 3.8) is 0 Å². The zero-order valence-corrected chi connectivity index (χ0v) is 23.8. The molecule has 0 saturated carbocycles. The molecular formula is C32H23NO2SiTe. The third-order valence-electron chi connectivity index (χ3n) is 7.62. The van der Waals surface area contributed by atoms with Crippen LogP contribution >= 0.6 is 0 Å². The summed E-state index contributed by atoms with van der Waals surface area (Å²) in [5.74, 6) is -0.317. The summed E-state index contributed by atoms with van der Waals surface area (Å²) in [7, 11) is -1.82. The zero-order valence-electron chi connectivity index (χ0n) is 20.5. The number of carbonyl (C=O) groups is 2. The van der Waals surface area contributed by atoms with Crippen LogP contribution < -0.4 is 15.3 Å². The molecule has 0 amide bonds. The van der Waals surface area contributed by atoms with Gasteiger partial charge in [0.25, 0.3) is 0 Å². The number of hydrogen-bond donors (Lipinski definition) is 0. The van der Waals surface area contributed by atoms with Gasteiger partial charge in [0.2, 0.25) is 0 Å². The number of nitrogens with zero attached hydrogens (tertiary/aromatic N) is 1. The van der Waals surface area contributed by atoms with Crippen LogP contribution in [0.5, 0.6) is 0 Å². The number of para-hydroxylation sites is 2. The van der Waals surface area contributed by atoms with Crippen LogP contribution in [0, 0.1) is 0 Å². The summed E-state index contributed by atoms with van der Waals surface area (Å²) >= 11 is -0.807. The summed E-state index contributed by atoms with van der Waals surface area (Å²) in [5, 5.41) is 4.85. The predicted molar refractivity (Wildman–Crippen MR) is 155 cm³/mol. The quantitative estimate of drug-likeness (QED) is 0.141. The minimum absolute atomic E-state index is 0.158. The standard InChI is InChI=1S/C32H23NO2SiTe/c1-36(2)28-13-7-5-11-26(28)33(27-12-6-8-14-29(27)36)30-16-15-22(37-30)19-25-31(34)23-17-20-9-3-4-10-21(20)18-24(23)32(25)35/h3-19H,1-2H3. The molecular weight excluding hydrogens is 586 g/mol. The van der Waals surface area contributed by atoms with Crippen LogP contribution in [0.25, 0.3) is 16.8 Å². The monoisotopic (exact) mass is 611 g/mol. The van der Waals surface area contributed by atoms with E-state index in [1.54, 1.807) is 0 Å². The topological polar surface area (TPSA) is 37.4 Å². The molecule has 1 aliphatic heterocycles. The number of allylic oxidation sites excluding steroid dienone is 1.